The molecule has 0 radical (unpaired) electrons. The molecule has 0 fully saturated rings. The van der Waals surface area contributed by atoms with Crippen LogP contribution in [0, 0.1) is 0 Å². The molecule has 3 heterocycles. The van der Waals surface area contributed by atoms with Gasteiger partial charge >= 0.3 is 0 Å². The van der Waals surface area contributed by atoms with Crippen molar-refractivity contribution in [2.45, 2.75) is 6.61 Å². The molecule has 0 saturated carbocycles. The summed E-state index contributed by atoms with van der Waals surface area (Å²) in [5, 5.41) is 4.35. The largest absolute Gasteiger partial charge is 0.362 e. The normalized spacial score (nSPS) is 15.4. The van der Waals surface area contributed by atoms with Crippen LogP contribution in [0.15, 0.2) is 18.5 Å². The molecular formula is C9H9N3O. The number of hydrogen-bond acceptors (Lipinski definition) is 3. The van der Waals surface area contributed by atoms with E-state index in [2.05, 4.69) is 15.3 Å². The van der Waals surface area contributed by atoms with E-state index in [0.29, 0.717) is 13.3 Å². The third-order valence-electron chi connectivity index (χ3n) is 2.27. The van der Waals surface area contributed by atoms with E-state index in [-0.39, 0.29) is 0 Å². The lowest BCUT2D eigenvalue weighted by molar-refractivity contribution is 0.130. The summed E-state index contributed by atoms with van der Waals surface area (Å²) in [5.41, 5.74) is 3.20. The van der Waals surface area contributed by atoms with Crippen LogP contribution in [0.3, 0.4) is 0 Å². The molecule has 0 amide bonds. The first-order valence-corrected chi connectivity index (χ1v) is 4.22. The predicted molar refractivity (Wildman–Crippen MR) is 49.4 cm³/mol. The topological polar surface area (TPSA) is 49.9 Å². The molecule has 0 spiro atoms. The van der Waals surface area contributed by atoms with Gasteiger partial charge in [-0.1, -0.05) is 0 Å². The van der Waals surface area contributed by atoms with Crippen molar-refractivity contribution in [3.63, 3.8) is 0 Å². The maximum absolute atomic E-state index is 5.26. The van der Waals surface area contributed by atoms with Crippen LogP contribution in [-0.4, -0.2) is 16.7 Å². The Morgan fingerprint density at radius 2 is 2.46 bits per heavy atom. The number of nitrogens with one attached hydrogen (secondary N) is 2. The molecule has 0 unspecified atom stereocenters. The summed E-state index contributed by atoms with van der Waals surface area (Å²) in [6, 6.07) is 2.03. The lowest BCUT2D eigenvalue weighted by Crippen LogP contribution is -2.14. The van der Waals surface area contributed by atoms with Gasteiger partial charge in [-0.2, -0.15) is 0 Å². The fraction of sp³-hybridized carbons (Fsp3) is 0.222. The number of pyridine rings is 1. The Bertz CT molecular complexity index is 449. The third kappa shape index (κ3) is 0.922. The Kier molecular flexibility index (Phi) is 1.31. The van der Waals surface area contributed by atoms with Gasteiger partial charge in [0.2, 0.25) is 0 Å². The van der Waals surface area contributed by atoms with E-state index in [1.807, 2.05) is 18.5 Å². The molecule has 4 nitrogen and oxygen atoms in total. The van der Waals surface area contributed by atoms with E-state index in [0.717, 1.165) is 22.3 Å². The van der Waals surface area contributed by atoms with Gasteiger partial charge in [0.1, 0.15) is 12.4 Å². The maximum atomic E-state index is 5.26. The molecule has 4 heteroatoms. The number of rotatable bonds is 0. The van der Waals surface area contributed by atoms with E-state index in [9.17, 15) is 0 Å². The number of fused-ring (bicyclic) bond motifs is 3. The summed E-state index contributed by atoms with van der Waals surface area (Å²) in [6.45, 7) is 1.23. The highest BCUT2D eigenvalue weighted by Crippen LogP contribution is 2.27. The van der Waals surface area contributed by atoms with Crippen LogP contribution < -0.4 is 5.32 Å². The minimum Gasteiger partial charge on any atom is -0.362 e. The molecule has 0 aliphatic carbocycles. The molecule has 1 aliphatic rings. The van der Waals surface area contributed by atoms with Gasteiger partial charge in [-0.05, 0) is 6.07 Å². The van der Waals surface area contributed by atoms with Crippen molar-refractivity contribution >= 4 is 16.7 Å². The maximum Gasteiger partial charge on any atom is 0.139 e. The summed E-state index contributed by atoms with van der Waals surface area (Å²) < 4.78 is 5.26. The minimum atomic E-state index is 0.581. The molecule has 2 aromatic rings. The van der Waals surface area contributed by atoms with Gasteiger partial charge in [0, 0.05) is 23.3 Å². The molecule has 0 aromatic carbocycles. The number of aromatic nitrogens is 2. The first-order valence-electron chi connectivity index (χ1n) is 4.22. The Hall–Kier alpha value is -1.55. The highest BCUT2D eigenvalue weighted by atomic mass is 16.5. The van der Waals surface area contributed by atoms with Crippen molar-refractivity contribution in [1.82, 2.24) is 9.97 Å². The van der Waals surface area contributed by atoms with Crippen molar-refractivity contribution < 1.29 is 4.74 Å². The van der Waals surface area contributed by atoms with E-state index in [1.165, 1.54) is 0 Å². The molecule has 0 atom stereocenters. The molecule has 2 N–H and O–H groups in total. The van der Waals surface area contributed by atoms with Gasteiger partial charge in [0.15, 0.2) is 0 Å². The first-order chi connectivity index (χ1) is 6.45. The van der Waals surface area contributed by atoms with Crippen LogP contribution in [0.1, 0.15) is 5.56 Å². The molecule has 1 aliphatic heterocycles. The van der Waals surface area contributed by atoms with Crippen LogP contribution in [-0.2, 0) is 11.3 Å². The standard InChI is InChI=1S/C9H9N3O/c1-2-10-9-7(1)8-6(3-11-9)4-13-5-12-8/h1-3,12H,4-5H2,(H,10,11). The third-order valence-corrected chi connectivity index (χ3v) is 2.27. The molecule has 2 aromatic heterocycles. The van der Waals surface area contributed by atoms with Crippen molar-refractivity contribution in [1.29, 1.82) is 0 Å². The minimum absolute atomic E-state index is 0.581. The van der Waals surface area contributed by atoms with Gasteiger partial charge in [0.05, 0.1) is 12.3 Å². The SMILES string of the molecule is c1cc2c3c(cnc2[nH]1)COCN3. The van der Waals surface area contributed by atoms with Crippen molar-refractivity contribution in [2.24, 2.45) is 0 Å². The lowest BCUT2D eigenvalue weighted by Gasteiger charge is -2.18. The number of nitrogens with zero attached hydrogens (tertiary/aromatic N) is 1. The first kappa shape index (κ1) is 6.91. The number of H-pyrrole nitrogens is 1. The van der Waals surface area contributed by atoms with Gasteiger partial charge in [-0.15, -0.1) is 0 Å². The Morgan fingerprint density at radius 3 is 3.46 bits per heavy atom. The van der Waals surface area contributed by atoms with Crippen molar-refractivity contribution in [3.8, 4) is 0 Å². The summed E-state index contributed by atoms with van der Waals surface area (Å²) in [4.78, 5) is 7.36. The fourth-order valence-electron chi connectivity index (χ4n) is 1.65. The second kappa shape index (κ2) is 2.47. The second-order valence-electron chi connectivity index (χ2n) is 3.07. The number of anilines is 1. The highest BCUT2D eigenvalue weighted by Gasteiger charge is 2.12. The Balaban J connectivity index is 2.34. The van der Waals surface area contributed by atoms with Gasteiger partial charge in [-0.25, -0.2) is 4.98 Å². The molecule has 0 saturated heterocycles. The van der Waals surface area contributed by atoms with Gasteiger partial charge < -0.3 is 15.0 Å². The van der Waals surface area contributed by atoms with E-state index in [4.69, 9.17) is 4.74 Å². The van der Waals surface area contributed by atoms with E-state index in [1.54, 1.807) is 0 Å². The summed E-state index contributed by atoms with van der Waals surface area (Å²) >= 11 is 0. The van der Waals surface area contributed by atoms with Crippen molar-refractivity contribution in [3.05, 3.63) is 24.0 Å². The smallest absolute Gasteiger partial charge is 0.139 e. The van der Waals surface area contributed by atoms with Crippen LogP contribution in [0.25, 0.3) is 11.0 Å². The van der Waals surface area contributed by atoms with Crippen LogP contribution in [0.5, 0.6) is 0 Å². The summed E-state index contributed by atoms with van der Waals surface area (Å²) in [6.07, 6.45) is 3.75. The molecular weight excluding hydrogens is 166 g/mol. The summed E-state index contributed by atoms with van der Waals surface area (Å²) in [7, 11) is 0. The molecule has 13 heavy (non-hydrogen) atoms. The zero-order valence-electron chi connectivity index (χ0n) is 7.00. The quantitative estimate of drug-likeness (QED) is 0.637. The number of hydrogen-bond donors (Lipinski definition) is 2. The van der Waals surface area contributed by atoms with E-state index >= 15 is 0 Å². The number of ether oxygens (including phenoxy) is 1. The van der Waals surface area contributed by atoms with Crippen LogP contribution in [0.4, 0.5) is 5.69 Å². The fourth-order valence-corrected chi connectivity index (χ4v) is 1.65. The van der Waals surface area contributed by atoms with Crippen LogP contribution >= 0.6 is 0 Å². The van der Waals surface area contributed by atoms with E-state index < -0.39 is 0 Å². The average molecular weight is 175 g/mol. The molecule has 3 rings (SSSR count). The second-order valence-corrected chi connectivity index (χ2v) is 3.07. The van der Waals surface area contributed by atoms with Gasteiger partial charge in [-0.3, -0.25) is 0 Å². The Labute approximate surface area is 74.9 Å². The zero-order valence-corrected chi connectivity index (χ0v) is 7.00. The zero-order chi connectivity index (χ0) is 8.67. The lowest BCUT2D eigenvalue weighted by atomic mass is 10.2. The van der Waals surface area contributed by atoms with Crippen LogP contribution in [0.2, 0.25) is 0 Å². The predicted octanol–water partition coefficient (Wildman–Crippen LogP) is 1.46. The highest BCUT2D eigenvalue weighted by molar-refractivity contribution is 5.91. The number of aromatic amines is 1. The molecule has 66 valence electrons. The molecule has 0 bridgehead atoms. The Morgan fingerprint density at radius 1 is 1.46 bits per heavy atom. The van der Waals surface area contributed by atoms with Gasteiger partial charge in [0.25, 0.3) is 0 Å². The monoisotopic (exact) mass is 175 g/mol. The van der Waals surface area contributed by atoms with Crippen molar-refractivity contribution in [2.75, 3.05) is 12.0 Å². The summed E-state index contributed by atoms with van der Waals surface area (Å²) in [5.74, 6) is 0. The average Bonchev–Trinajstić information content (AvgIpc) is 2.65.